The smallest absolute Gasteiger partial charge is 0.237 e. The Morgan fingerprint density at radius 1 is 1.14 bits per heavy atom. The van der Waals surface area contributed by atoms with Crippen LogP contribution in [-0.2, 0) is 20.4 Å². The first-order valence-corrected chi connectivity index (χ1v) is 11.5. The molecule has 28 heavy (non-hydrogen) atoms. The number of sulfone groups is 1. The third kappa shape index (κ3) is 5.01. The molecule has 1 saturated heterocycles. The summed E-state index contributed by atoms with van der Waals surface area (Å²) >= 11 is 0. The number of carbonyl (C=O) groups excluding carboxylic acids is 1. The maximum absolute atomic E-state index is 12.6. The molecule has 1 amide bonds. The third-order valence-electron chi connectivity index (χ3n) is 5.11. The second kappa shape index (κ2) is 8.07. The molecular weight excluding hydrogens is 376 g/mol. The van der Waals surface area contributed by atoms with Crippen LogP contribution in [0, 0.1) is 25.7 Å². The first kappa shape index (κ1) is 20.6. The number of carbonyl (C=O) groups is 1. The first-order valence-electron chi connectivity index (χ1n) is 9.64. The third-order valence-corrected chi connectivity index (χ3v) is 6.51. The number of piperidine rings is 1. The van der Waals surface area contributed by atoms with E-state index in [1.807, 2.05) is 31.2 Å². The zero-order valence-electron chi connectivity index (χ0n) is 16.9. The van der Waals surface area contributed by atoms with E-state index in [1.54, 1.807) is 11.8 Å². The van der Waals surface area contributed by atoms with Gasteiger partial charge in [-0.1, -0.05) is 31.5 Å². The molecule has 0 radical (unpaired) electrons. The van der Waals surface area contributed by atoms with E-state index in [9.17, 15) is 13.2 Å². The van der Waals surface area contributed by atoms with Crippen molar-refractivity contribution >= 4 is 15.7 Å². The first-order chi connectivity index (χ1) is 13.1. The minimum absolute atomic E-state index is 0.293. The monoisotopic (exact) mass is 404 g/mol. The number of aryl methyl sites for hydroxylation is 2. The van der Waals surface area contributed by atoms with E-state index in [2.05, 4.69) is 18.8 Å². The standard InChI is InChI=1S/C21H28N2O4S/c1-14-5-7-18(8-6-14)21-22-19(17(4)27-21)12-28(25,26)13-20(24)23-10-15(2)9-16(3)11-23/h5-8,15-16H,9-13H2,1-4H3/t15-,16+. The lowest BCUT2D eigenvalue weighted by atomic mass is 9.92. The molecule has 0 unspecified atom stereocenters. The van der Waals surface area contributed by atoms with E-state index in [4.69, 9.17) is 4.42 Å². The van der Waals surface area contributed by atoms with Gasteiger partial charge >= 0.3 is 0 Å². The van der Waals surface area contributed by atoms with Crippen molar-refractivity contribution in [3.05, 3.63) is 41.3 Å². The molecule has 1 aromatic heterocycles. The van der Waals surface area contributed by atoms with Gasteiger partial charge in [-0.15, -0.1) is 0 Å². The summed E-state index contributed by atoms with van der Waals surface area (Å²) in [4.78, 5) is 18.6. The lowest BCUT2D eigenvalue weighted by Gasteiger charge is -2.34. The van der Waals surface area contributed by atoms with Crippen molar-refractivity contribution in [3.63, 3.8) is 0 Å². The van der Waals surface area contributed by atoms with Gasteiger partial charge in [0.25, 0.3) is 0 Å². The van der Waals surface area contributed by atoms with E-state index in [1.165, 1.54) is 0 Å². The Hall–Kier alpha value is -2.15. The van der Waals surface area contributed by atoms with Crippen molar-refractivity contribution < 1.29 is 17.6 Å². The second-order valence-corrected chi connectivity index (χ2v) is 10.2. The normalized spacial score (nSPS) is 20.4. The Kier molecular flexibility index (Phi) is 5.93. The number of benzene rings is 1. The van der Waals surface area contributed by atoms with Crippen molar-refractivity contribution in [1.82, 2.24) is 9.88 Å². The van der Waals surface area contributed by atoms with Gasteiger partial charge in [0.1, 0.15) is 11.5 Å². The maximum atomic E-state index is 12.6. The van der Waals surface area contributed by atoms with Crippen LogP contribution in [0.25, 0.3) is 11.5 Å². The Bertz CT molecular complexity index is 937. The SMILES string of the molecule is Cc1ccc(-c2nc(CS(=O)(=O)CC(=O)N3C[C@H](C)C[C@H](C)C3)c(C)o2)cc1. The quantitative estimate of drug-likeness (QED) is 0.763. The number of likely N-dealkylation sites (tertiary alicyclic amines) is 1. The molecule has 0 aliphatic carbocycles. The fourth-order valence-electron chi connectivity index (χ4n) is 3.79. The zero-order valence-corrected chi connectivity index (χ0v) is 17.8. The Morgan fingerprint density at radius 2 is 1.75 bits per heavy atom. The molecule has 3 rings (SSSR count). The molecule has 0 spiro atoms. The summed E-state index contributed by atoms with van der Waals surface area (Å²) < 4.78 is 30.9. The van der Waals surface area contributed by atoms with Gasteiger partial charge in [-0.3, -0.25) is 4.79 Å². The predicted octanol–water partition coefficient (Wildman–Crippen LogP) is 3.38. The highest BCUT2D eigenvalue weighted by atomic mass is 32.2. The highest BCUT2D eigenvalue weighted by Gasteiger charge is 2.29. The molecule has 1 aromatic carbocycles. The Morgan fingerprint density at radius 3 is 2.36 bits per heavy atom. The molecule has 0 N–H and O–H groups in total. The summed E-state index contributed by atoms with van der Waals surface area (Å²) in [6.45, 7) is 9.12. The molecule has 2 aromatic rings. The number of aromatic nitrogens is 1. The summed E-state index contributed by atoms with van der Waals surface area (Å²) in [5.41, 5.74) is 2.28. The molecule has 2 atom stereocenters. The Balaban J connectivity index is 1.70. The van der Waals surface area contributed by atoms with Gasteiger partial charge < -0.3 is 9.32 Å². The molecule has 0 bridgehead atoms. The van der Waals surface area contributed by atoms with Gasteiger partial charge in [0.2, 0.25) is 11.8 Å². The van der Waals surface area contributed by atoms with Crippen LogP contribution in [0.3, 0.4) is 0 Å². The summed E-state index contributed by atoms with van der Waals surface area (Å²) in [6, 6.07) is 7.68. The minimum Gasteiger partial charge on any atom is -0.441 e. The van der Waals surface area contributed by atoms with Gasteiger partial charge in [-0.2, -0.15) is 0 Å². The van der Waals surface area contributed by atoms with Gasteiger partial charge in [0.15, 0.2) is 9.84 Å². The average Bonchev–Trinajstić information content (AvgIpc) is 2.94. The molecule has 7 heteroatoms. The second-order valence-electron chi connectivity index (χ2n) is 8.16. The van der Waals surface area contributed by atoms with E-state index < -0.39 is 15.6 Å². The average molecular weight is 405 g/mol. The largest absolute Gasteiger partial charge is 0.441 e. The molecular formula is C21H28N2O4S. The van der Waals surface area contributed by atoms with Crippen molar-refractivity contribution in [2.75, 3.05) is 18.8 Å². The number of nitrogens with zero attached hydrogens (tertiary/aromatic N) is 2. The number of rotatable bonds is 5. The van der Waals surface area contributed by atoms with Crippen LogP contribution in [0.15, 0.2) is 28.7 Å². The van der Waals surface area contributed by atoms with Gasteiger partial charge in [-0.25, -0.2) is 13.4 Å². The summed E-state index contributed by atoms with van der Waals surface area (Å²) in [5, 5.41) is 0. The lowest BCUT2D eigenvalue weighted by Crippen LogP contribution is -2.45. The molecule has 6 nitrogen and oxygen atoms in total. The highest BCUT2D eigenvalue weighted by Crippen LogP contribution is 2.24. The number of hydrogen-bond donors (Lipinski definition) is 0. The highest BCUT2D eigenvalue weighted by molar-refractivity contribution is 7.91. The Labute approximate surface area is 166 Å². The van der Waals surface area contributed by atoms with Crippen LogP contribution in [-0.4, -0.2) is 43.1 Å². The van der Waals surface area contributed by atoms with Crippen LogP contribution in [0.1, 0.15) is 37.3 Å². The van der Waals surface area contributed by atoms with Gasteiger partial charge in [-0.05, 0) is 44.2 Å². The number of hydrogen-bond acceptors (Lipinski definition) is 5. The summed E-state index contributed by atoms with van der Waals surface area (Å²) in [6.07, 6.45) is 1.07. The van der Waals surface area contributed by atoms with Crippen molar-refractivity contribution in [2.24, 2.45) is 11.8 Å². The van der Waals surface area contributed by atoms with E-state index >= 15 is 0 Å². The van der Waals surface area contributed by atoms with E-state index in [-0.39, 0.29) is 11.7 Å². The lowest BCUT2D eigenvalue weighted by molar-refractivity contribution is -0.131. The van der Waals surface area contributed by atoms with Crippen LogP contribution >= 0.6 is 0 Å². The van der Waals surface area contributed by atoms with Crippen LogP contribution in [0.4, 0.5) is 0 Å². The van der Waals surface area contributed by atoms with Crippen molar-refractivity contribution in [2.45, 2.75) is 39.9 Å². The number of oxazole rings is 1. The van der Waals surface area contributed by atoms with Crippen LogP contribution in [0.2, 0.25) is 0 Å². The van der Waals surface area contributed by atoms with Gasteiger partial charge in [0.05, 0.1) is 11.4 Å². The van der Waals surface area contributed by atoms with Crippen LogP contribution in [0.5, 0.6) is 0 Å². The van der Waals surface area contributed by atoms with Crippen molar-refractivity contribution in [1.29, 1.82) is 0 Å². The fourth-order valence-corrected chi connectivity index (χ4v) is 5.13. The molecule has 1 aliphatic rings. The zero-order chi connectivity index (χ0) is 20.5. The van der Waals surface area contributed by atoms with E-state index in [0.29, 0.717) is 42.3 Å². The summed E-state index contributed by atoms with van der Waals surface area (Å²) in [5.74, 6) is 0.547. The summed E-state index contributed by atoms with van der Waals surface area (Å²) in [7, 11) is -3.63. The van der Waals surface area contributed by atoms with Crippen LogP contribution < -0.4 is 0 Å². The maximum Gasteiger partial charge on any atom is 0.237 e. The predicted molar refractivity (Wildman–Crippen MR) is 108 cm³/mol. The molecule has 2 heterocycles. The molecule has 1 aliphatic heterocycles. The molecule has 152 valence electrons. The molecule has 1 fully saturated rings. The molecule has 0 saturated carbocycles. The van der Waals surface area contributed by atoms with E-state index in [0.717, 1.165) is 17.5 Å². The minimum atomic E-state index is -3.63. The topological polar surface area (TPSA) is 80.5 Å². The fraction of sp³-hybridized carbons (Fsp3) is 0.524. The van der Waals surface area contributed by atoms with Crippen molar-refractivity contribution in [3.8, 4) is 11.5 Å². The van der Waals surface area contributed by atoms with Gasteiger partial charge in [0, 0.05) is 18.7 Å². The number of amides is 1.